The molecule has 3 nitrogen and oxygen atoms in total. The van der Waals surface area contributed by atoms with Crippen LogP contribution in [-0.2, 0) is 11.2 Å². The van der Waals surface area contributed by atoms with Crippen LogP contribution in [0.2, 0.25) is 5.02 Å². The van der Waals surface area contributed by atoms with Gasteiger partial charge in [0.1, 0.15) is 5.58 Å². The summed E-state index contributed by atoms with van der Waals surface area (Å²) in [5, 5.41) is 10.0. The van der Waals surface area contributed by atoms with Crippen molar-refractivity contribution >= 4 is 28.5 Å². The summed E-state index contributed by atoms with van der Waals surface area (Å²) in [7, 11) is 0. The van der Waals surface area contributed by atoms with E-state index in [1.807, 2.05) is 0 Å². The average Bonchev–Trinajstić information content (AvgIpc) is 2.47. The smallest absolute Gasteiger partial charge is 0.307 e. The summed E-state index contributed by atoms with van der Waals surface area (Å²) in [6.45, 7) is 0. The molecule has 0 saturated carbocycles. The largest absolute Gasteiger partial charge is 0.481 e. The van der Waals surface area contributed by atoms with Crippen molar-refractivity contribution in [1.82, 2.24) is 0 Å². The summed E-state index contributed by atoms with van der Waals surface area (Å²) < 4.78 is 5.18. The normalized spacial score (nSPS) is 10.6. The van der Waals surface area contributed by atoms with Crippen LogP contribution in [0.3, 0.4) is 0 Å². The quantitative estimate of drug-likeness (QED) is 0.829. The van der Waals surface area contributed by atoms with Crippen LogP contribution in [0.1, 0.15) is 5.56 Å². The van der Waals surface area contributed by atoms with Crippen molar-refractivity contribution in [3.05, 3.63) is 35.0 Å². The van der Waals surface area contributed by atoms with E-state index >= 15 is 0 Å². The van der Waals surface area contributed by atoms with Gasteiger partial charge in [-0.2, -0.15) is 0 Å². The number of carbonyl (C=O) groups is 1. The van der Waals surface area contributed by atoms with Crippen molar-refractivity contribution in [2.45, 2.75) is 6.42 Å². The maximum absolute atomic E-state index is 10.5. The van der Waals surface area contributed by atoms with Crippen LogP contribution in [-0.4, -0.2) is 11.1 Å². The topological polar surface area (TPSA) is 50.4 Å². The Bertz CT molecular complexity index is 487. The number of halogens is 1. The van der Waals surface area contributed by atoms with Crippen molar-refractivity contribution in [2.75, 3.05) is 0 Å². The maximum Gasteiger partial charge on any atom is 0.307 e. The number of hydrogen-bond donors (Lipinski definition) is 1. The second kappa shape index (κ2) is 3.35. The predicted octanol–water partition coefficient (Wildman–Crippen LogP) is 2.71. The van der Waals surface area contributed by atoms with E-state index in [4.69, 9.17) is 21.1 Å². The maximum atomic E-state index is 10.5. The summed E-state index contributed by atoms with van der Waals surface area (Å²) in [5.41, 5.74) is 1.29. The fourth-order valence-electron chi connectivity index (χ4n) is 1.36. The van der Waals surface area contributed by atoms with Crippen LogP contribution >= 0.6 is 11.6 Å². The van der Waals surface area contributed by atoms with Crippen LogP contribution in [0, 0.1) is 0 Å². The van der Waals surface area contributed by atoms with E-state index in [1.54, 1.807) is 18.2 Å². The summed E-state index contributed by atoms with van der Waals surface area (Å²) in [6, 6.07) is 5.15. The highest BCUT2D eigenvalue weighted by Gasteiger charge is 2.09. The van der Waals surface area contributed by atoms with Crippen molar-refractivity contribution < 1.29 is 14.3 Å². The fraction of sp³-hybridized carbons (Fsp3) is 0.100. The minimum absolute atomic E-state index is 0.0331. The van der Waals surface area contributed by atoms with Crippen molar-refractivity contribution in [3.63, 3.8) is 0 Å². The zero-order valence-corrected chi connectivity index (χ0v) is 7.91. The lowest BCUT2D eigenvalue weighted by Gasteiger charge is -1.92. The van der Waals surface area contributed by atoms with Gasteiger partial charge >= 0.3 is 5.97 Å². The number of carboxylic acids is 1. The van der Waals surface area contributed by atoms with Crippen LogP contribution in [0.5, 0.6) is 0 Å². The van der Waals surface area contributed by atoms with E-state index in [2.05, 4.69) is 0 Å². The molecule has 2 aromatic rings. The molecule has 1 heterocycles. The van der Waals surface area contributed by atoms with Gasteiger partial charge < -0.3 is 9.52 Å². The van der Waals surface area contributed by atoms with Gasteiger partial charge in [-0.1, -0.05) is 11.6 Å². The zero-order valence-electron chi connectivity index (χ0n) is 7.16. The van der Waals surface area contributed by atoms with Gasteiger partial charge in [0.05, 0.1) is 12.7 Å². The van der Waals surface area contributed by atoms with Crippen LogP contribution in [0.15, 0.2) is 28.9 Å². The Morgan fingerprint density at radius 2 is 2.29 bits per heavy atom. The van der Waals surface area contributed by atoms with E-state index < -0.39 is 5.97 Å². The first-order chi connectivity index (χ1) is 6.66. The molecule has 1 N–H and O–H groups in total. The van der Waals surface area contributed by atoms with Crippen molar-refractivity contribution in [1.29, 1.82) is 0 Å². The molecule has 2 rings (SSSR count). The summed E-state index contributed by atoms with van der Waals surface area (Å²) >= 11 is 5.76. The molecule has 4 heteroatoms. The first-order valence-corrected chi connectivity index (χ1v) is 4.42. The standard InChI is InChI=1S/C10H7ClO3/c11-7-1-2-8-6(3-10(12)13)5-14-9(8)4-7/h1-2,4-5H,3H2,(H,12,13). The van der Waals surface area contributed by atoms with Gasteiger partial charge in [-0.25, -0.2) is 0 Å². The molecule has 0 atom stereocenters. The molecule has 14 heavy (non-hydrogen) atoms. The highest BCUT2D eigenvalue weighted by molar-refractivity contribution is 6.31. The molecule has 1 aromatic heterocycles. The van der Waals surface area contributed by atoms with E-state index in [0.717, 1.165) is 5.39 Å². The van der Waals surface area contributed by atoms with Gasteiger partial charge in [-0.3, -0.25) is 4.79 Å². The molecule has 0 saturated heterocycles. The Balaban J connectivity index is 2.52. The van der Waals surface area contributed by atoms with Crippen LogP contribution in [0.25, 0.3) is 11.0 Å². The van der Waals surface area contributed by atoms with Gasteiger partial charge in [0, 0.05) is 16.0 Å². The molecule has 0 radical (unpaired) electrons. The molecule has 0 bridgehead atoms. The summed E-state index contributed by atoms with van der Waals surface area (Å²) in [6.07, 6.45) is 1.42. The second-order valence-electron chi connectivity index (χ2n) is 2.97. The highest BCUT2D eigenvalue weighted by atomic mass is 35.5. The number of aliphatic carboxylic acids is 1. The SMILES string of the molecule is O=C(O)Cc1coc2cc(Cl)ccc12. The predicted molar refractivity (Wildman–Crippen MR) is 52.6 cm³/mol. The molecule has 0 unspecified atom stereocenters. The Morgan fingerprint density at radius 3 is 3.00 bits per heavy atom. The molecular weight excluding hydrogens is 204 g/mol. The highest BCUT2D eigenvalue weighted by Crippen LogP contribution is 2.24. The summed E-state index contributed by atoms with van der Waals surface area (Å²) in [5.74, 6) is -0.873. The molecule has 0 amide bonds. The molecule has 72 valence electrons. The number of fused-ring (bicyclic) bond motifs is 1. The molecule has 1 aromatic carbocycles. The van der Waals surface area contributed by atoms with E-state index in [1.165, 1.54) is 6.26 Å². The van der Waals surface area contributed by atoms with Crippen molar-refractivity contribution in [2.24, 2.45) is 0 Å². The van der Waals surface area contributed by atoms with E-state index in [0.29, 0.717) is 16.2 Å². The third kappa shape index (κ3) is 1.59. The van der Waals surface area contributed by atoms with Gasteiger partial charge in [0.25, 0.3) is 0 Å². The molecule has 0 aliphatic carbocycles. The number of rotatable bonds is 2. The molecule has 0 aliphatic heterocycles. The Hall–Kier alpha value is -1.48. The van der Waals surface area contributed by atoms with Gasteiger partial charge in [-0.05, 0) is 18.2 Å². The lowest BCUT2D eigenvalue weighted by molar-refractivity contribution is -0.136. The molecule has 0 aliphatic rings. The van der Waals surface area contributed by atoms with E-state index in [-0.39, 0.29) is 6.42 Å². The Labute approximate surface area is 84.9 Å². The third-order valence-corrected chi connectivity index (χ3v) is 2.19. The number of benzene rings is 1. The lowest BCUT2D eigenvalue weighted by Crippen LogP contribution is -1.98. The van der Waals surface area contributed by atoms with Crippen molar-refractivity contribution in [3.8, 4) is 0 Å². The average molecular weight is 211 g/mol. The minimum atomic E-state index is -0.873. The van der Waals surface area contributed by atoms with Crippen LogP contribution < -0.4 is 0 Å². The monoisotopic (exact) mass is 210 g/mol. The molecular formula is C10H7ClO3. The molecule has 0 fully saturated rings. The molecule has 0 spiro atoms. The van der Waals surface area contributed by atoms with Gasteiger partial charge in [-0.15, -0.1) is 0 Å². The first kappa shape index (κ1) is 9.09. The fourth-order valence-corrected chi connectivity index (χ4v) is 1.52. The Morgan fingerprint density at radius 1 is 1.50 bits per heavy atom. The second-order valence-corrected chi connectivity index (χ2v) is 3.41. The lowest BCUT2D eigenvalue weighted by atomic mass is 10.1. The number of hydrogen-bond acceptors (Lipinski definition) is 2. The van der Waals surface area contributed by atoms with Crippen LogP contribution in [0.4, 0.5) is 0 Å². The minimum Gasteiger partial charge on any atom is -0.481 e. The third-order valence-electron chi connectivity index (χ3n) is 1.96. The van der Waals surface area contributed by atoms with Gasteiger partial charge in [0.2, 0.25) is 0 Å². The number of furan rings is 1. The Kier molecular flexibility index (Phi) is 2.17. The number of carboxylic acid groups (broad SMARTS) is 1. The van der Waals surface area contributed by atoms with E-state index in [9.17, 15) is 4.79 Å². The first-order valence-electron chi connectivity index (χ1n) is 4.04. The summed E-state index contributed by atoms with van der Waals surface area (Å²) in [4.78, 5) is 10.5. The van der Waals surface area contributed by atoms with Gasteiger partial charge in [0.15, 0.2) is 0 Å². The zero-order chi connectivity index (χ0) is 10.1.